The van der Waals surface area contributed by atoms with E-state index in [1.165, 1.54) is 45.3 Å². The van der Waals surface area contributed by atoms with E-state index in [1.807, 2.05) is 11.0 Å². The van der Waals surface area contributed by atoms with Gasteiger partial charge in [0.05, 0.1) is 10.0 Å². The van der Waals surface area contributed by atoms with E-state index in [0.717, 1.165) is 24.9 Å². The number of nitrogens with zero attached hydrogens (tertiary/aromatic N) is 3. The molecule has 0 atom stereocenters. The van der Waals surface area contributed by atoms with Gasteiger partial charge in [0, 0.05) is 38.7 Å². The predicted molar refractivity (Wildman–Crippen MR) is 127 cm³/mol. The van der Waals surface area contributed by atoms with Crippen molar-refractivity contribution < 1.29 is 9.59 Å². The van der Waals surface area contributed by atoms with Crippen LogP contribution >= 0.6 is 23.2 Å². The zero-order valence-electron chi connectivity index (χ0n) is 18.2. The normalized spacial score (nSPS) is 18.6. The van der Waals surface area contributed by atoms with Crippen LogP contribution in [-0.2, 0) is 9.59 Å². The van der Waals surface area contributed by atoms with Gasteiger partial charge in [0.15, 0.2) is 0 Å². The predicted octanol–water partition coefficient (Wildman–Crippen LogP) is 4.72. The van der Waals surface area contributed by atoms with Crippen molar-refractivity contribution in [2.24, 2.45) is 0 Å². The number of carbonyl (C=O) groups excluding carboxylic acids is 2. The molecule has 1 aromatic rings. The van der Waals surface area contributed by atoms with Crippen LogP contribution in [0.1, 0.15) is 50.5 Å². The van der Waals surface area contributed by atoms with Crippen LogP contribution in [-0.4, -0.2) is 72.3 Å². The van der Waals surface area contributed by atoms with Gasteiger partial charge in [-0.2, -0.15) is 0 Å². The van der Waals surface area contributed by atoms with Gasteiger partial charge in [-0.15, -0.1) is 0 Å². The van der Waals surface area contributed by atoms with Crippen LogP contribution in [0.15, 0.2) is 24.3 Å². The summed E-state index contributed by atoms with van der Waals surface area (Å²) in [5, 5.41) is 0.950. The maximum Gasteiger partial charge on any atom is 0.246 e. The van der Waals surface area contributed by atoms with E-state index in [0.29, 0.717) is 36.1 Å². The van der Waals surface area contributed by atoms with E-state index in [9.17, 15) is 9.59 Å². The number of amides is 2. The third-order valence-electron chi connectivity index (χ3n) is 6.11. The van der Waals surface area contributed by atoms with E-state index >= 15 is 0 Å². The number of benzene rings is 1. The molecule has 0 bridgehead atoms. The first-order valence-electron chi connectivity index (χ1n) is 11.4. The molecule has 2 aliphatic rings. The number of halogens is 2. The molecule has 0 spiro atoms. The van der Waals surface area contributed by atoms with Gasteiger partial charge in [-0.05, 0) is 69.1 Å². The van der Waals surface area contributed by atoms with Crippen molar-refractivity contribution in [1.82, 2.24) is 14.7 Å². The van der Waals surface area contributed by atoms with Crippen molar-refractivity contribution in [3.63, 3.8) is 0 Å². The molecule has 2 heterocycles. The Morgan fingerprint density at radius 2 is 1.68 bits per heavy atom. The molecule has 2 saturated heterocycles. The summed E-state index contributed by atoms with van der Waals surface area (Å²) in [4.78, 5) is 31.3. The maximum atomic E-state index is 12.6. The Labute approximate surface area is 196 Å². The minimum Gasteiger partial charge on any atom is -0.341 e. The van der Waals surface area contributed by atoms with Gasteiger partial charge in [0.25, 0.3) is 0 Å². The second-order valence-corrected chi connectivity index (χ2v) is 9.24. The summed E-state index contributed by atoms with van der Waals surface area (Å²) in [5.41, 5.74) is 0.819. The molecule has 2 amide bonds. The topological polar surface area (TPSA) is 43.9 Å². The molecular weight excluding hydrogens is 433 g/mol. The Kier molecular flexibility index (Phi) is 9.69. The zero-order valence-corrected chi connectivity index (χ0v) is 19.7. The molecule has 7 heteroatoms. The molecule has 0 aliphatic carbocycles. The lowest BCUT2D eigenvalue weighted by Crippen LogP contribution is -2.35. The highest BCUT2D eigenvalue weighted by molar-refractivity contribution is 6.42. The molecule has 1 aromatic carbocycles. The second kappa shape index (κ2) is 12.5. The van der Waals surface area contributed by atoms with Crippen LogP contribution in [0.25, 0.3) is 6.08 Å². The standard InChI is InChI=1S/C24H33Cl2N3O2/c25-21-9-7-20(19-22(21)26)8-10-23(30)29-16-11-24(31)28(17-18-29)15-6-2-5-14-27-12-3-1-4-13-27/h7-10,19H,1-6,11-18H2. The summed E-state index contributed by atoms with van der Waals surface area (Å²) in [6.45, 7) is 6.11. The lowest BCUT2D eigenvalue weighted by Gasteiger charge is -2.26. The molecule has 170 valence electrons. The fourth-order valence-electron chi connectivity index (χ4n) is 4.21. The highest BCUT2D eigenvalue weighted by Crippen LogP contribution is 2.23. The van der Waals surface area contributed by atoms with Gasteiger partial charge in [-0.3, -0.25) is 9.59 Å². The summed E-state index contributed by atoms with van der Waals surface area (Å²) < 4.78 is 0. The number of hydrogen-bond acceptors (Lipinski definition) is 3. The molecule has 0 aromatic heterocycles. The van der Waals surface area contributed by atoms with Crippen molar-refractivity contribution in [2.45, 2.75) is 44.9 Å². The van der Waals surface area contributed by atoms with Crippen molar-refractivity contribution >= 4 is 41.1 Å². The fourth-order valence-corrected chi connectivity index (χ4v) is 4.52. The van der Waals surface area contributed by atoms with Crippen LogP contribution in [0.2, 0.25) is 10.0 Å². The average Bonchev–Trinajstić information content (AvgIpc) is 2.96. The van der Waals surface area contributed by atoms with E-state index in [2.05, 4.69) is 4.90 Å². The third kappa shape index (κ3) is 7.81. The Morgan fingerprint density at radius 1 is 0.903 bits per heavy atom. The van der Waals surface area contributed by atoms with Crippen LogP contribution in [0.3, 0.4) is 0 Å². The molecule has 3 rings (SSSR count). The third-order valence-corrected chi connectivity index (χ3v) is 6.85. The average molecular weight is 466 g/mol. The number of carbonyl (C=O) groups is 2. The fraction of sp³-hybridized carbons (Fsp3) is 0.583. The van der Waals surface area contributed by atoms with Crippen molar-refractivity contribution in [3.05, 3.63) is 39.9 Å². The minimum atomic E-state index is -0.0812. The lowest BCUT2D eigenvalue weighted by atomic mass is 10.1. The Morgan fingerprint density at radius 3 is 2.45 bits per heavy atom. The van der Waals surface area contributed by atoms with Crippen molar-refractivity contribution in [2.75, 3.05) is 45.8 Å². The smallest absolute Gasteiger partial charge is 0.246 e. The van der Waals surface area contributed by atoms with Crippen LogP contribution in [0.4, 0.5) is 0 Å². The highest BCUT2D eigenvalue weighted by atomic mass is 35.5. The molecule has 31 heavy (non-hydrogen) atoms. The molecule has 0 radical (unpaired) electrons. The summed E-state index contributed by atoms with van der Waals surface area (Å²) in [6.07, 6.45) is 11.1. The van der Waals surface area contributed by atoms with Gasteiger partial charge >= 0.3 is 0 Å². The quantitative estimate of drug-likeness (QED) is 0.411. The van der Waals surface area contributed by atoms with Crippen LogP contribution in [0.5, 0.6) is 0 Å². The lowest BCUT2D eigenvalue weighted by molar-refractivity contribution is -0.130. The number of piperidine rings is 1. The molecular formula is C24H33Cl2N3O2. The van der Waals surface area contributed by atoms with Crippen LogP contribution in [0, 0.1) is 0 Å². The SMILES string of the molecule is O=C(C=Cc1ccc(Cl)c(Cl)c1)N1CCC(=O)N(CCCCCN2CCCCC2)CC1. The van der Waals surface area contributed by atoms with Crippen molar-refractivity contribution in [3.8, 4) is 0 Å². The maximum absolute atomic E-state index is 12.6. The largest absolute Gasteiger partial charge is 0.341 e. The zero-order chi connectivity index (χ0) is 22.1. The minimum absolute atomic E-state index is 0.0812. The summed E-state index contributed by atoms with van der Waals surface area (Å²) >= 11 is 12.0. The molecule has 2 fully saturated rings. The van der Waals surface area contributed by atoms with Gasteiger partial charge in [0.2, 0.25) is 11.8 Å². The first kappa shape index (κ1) is 24.1. The summed E-state index contributed by atoms with van der Waals surface area (Å²) in [6, 6.07) is 5.26. The molecule has 0 N–H and O–H groups in total. The first-order valence-corrected chi connectivity index (χ1v) is 12.2. The van der Waals surface area contributed by atoms with Gasteiger partial charge < -0.3 is 14.7 Å². The molecule has 0 saturated carbocycles. The highest BCUT2D eigenvalue weighted by Gasteiger charge is 2.22. The monoisotopic (exact) mass is 465 g/mol. The Bertz CT molecular complexity index is 778. The van der Waals surface area contributed by atoms with E-state index in [1.54, 1.807) is 29.2 Å². The van der Waals surface area contributed by atoms with Gasteiger partial charge in [-0.1, -0.05) is 42.1 Å². The number of hydrogen-bond donors (Lipinski definition) is 0. The van der Waals surface area contributed by atoms with E-state index < -0.39 is 0 Å². The Balaban J connectivity index is 1.39. The molecule has 5 nitrogen and oxygen atoms in total. The van der Waals surface area contributed by atoms with E-state index in [4.69, 9.17) is 23.2 Å². The molecule has 2 aliphatic heterocycles. The van der Waals surface area contributed by atoms with Crippen molar-refractivity contribution in [1.29, 1.82) is 0 Å². The van der Waals surface area contributed by atoms with Gasteiger partial charge in [-0.25, -0.2) is 0 Å². The number of unbranched alkanes of at least 4 members (excludes halogenated alkanes) is 2. The summed E-state index contributed by atoms with van der Waals surface area (Å²) in [7, 11) is 0. The number of likely N-dealkylation sites (tertiary alicyclic amines) is 1. The Hall–Kier alpha value is -1.56. The first-order chi connectivity index (χ1) is 15.0. The second-order valence-electron chi connectivity index (χ2n) is 8.43. The molecule has 0 unspecified atom stereocenters. The van der Waals surface area contributed by atoms with Crippen LogP contribution < -0.4 is 0 Å². The number of rotatable bonds is 8. The summed E-state index contributed by atoms with van der Waals surface area (Å²) in [5.74, 6) is 0.0713. The van der Waals surface area contributed by atoms with Gasteiger partial charge in [0.1, 0.15) is 0 Å². The van der Waals surface area contributed by atoms with E-state index in [-0.39, 0.29) is 11.8 Å².